The molecule has 0 fully saturated rings. The minimum absolute atomic E-state index is 0.754. The highest BCUT2D eigenvalue weighted by Gasteiger charge is 2.20. The summed E-state index contributed by atoms with van der Waals surface area (Å²) in [4.78, 5) is 2.33. The van der Waals surface area contributed by atoms with Gasteiger partial charge in [0.25, 0.3) is 0 Å². The first-order valence-electron chi connectivity index (χ1n) is 43.0. The number of nitrogens with zero attached hydrogens (tertiary/aromatic N) is 3. The summed E-state index contributed by atoms with van der Waals surface area (Å²) in [7, 11) is 0. The van der Waals surface area contributed by atoms with Crippen LogP contribution in [0.15, 0.2) is 494 Å². The maximum absolute atomic E-state index is 6.24. The lowest BCUT2D eigenvalue weighted by Gasteiger charge is -2.26. The highest BCUT2D eigenvalue weighted by Crippen LogP contribution is 2.43. The molecule has 0 aliphatic carbocycles. The second kappa shape index (κ2) is 33.7. The molecule has 1 N–H and O–H groups in total. The molecule has 4 heterocycles. The molecule has 0 aliphatic heterocycles. The summed E-state index contributed by atoms with van der Waals surface area (Å²) >= 11 is 6.07. The van der Waals surface area contributed by atoms with E-state index in [4.69, 9.17) is 20.4 Å². The molecular formula is C120H81ClN4O2. The van der Waals surface area contributed by atoms with E-state index in [2.05, 4.69) is 456 Å². The van der Waals surface area contributed by atoms with Gasteiger partial charge in [0.05, 0.1) is 22.1 Å². The summed E-state index contributed by atoms with van der Waals surface area (Å²) in [5.74, 6) is 0. The zero-order valence-electron chi connectivity index (χ0n) is 69.2. The molecule has 600 valence electrons. The normalized spacial score (nSPS) is 11.3. The first-order chi connectivity index (χ1) is 62.8. The van der Waals surface area contributed by atoms with Crippen molar-refractivity contribution in [2.75, 3.05) is 10.2 Å². The Bertz CT molecular complexity index is 8030. The van der Waals surface area contributed by atoms with Gasteiger partial charge in [0.2, 0.25) is 0 Å². The molecule has 20 aromatic carbocycles. The summed E-state index contributed by atoms with van der Waals surface area (Å²) in [6.07, 6.45) is 0. The number of hydrogen-bond acceptors (Lipinski definition) is 4. The third-order valence-corrected chi connectivity index (χ3v) is 24.6. The van der Waals surface area contributed by atoms with E-state index in [9.17, 15) is 0 Å². The van der Waals surface area contributed by atoms with Gasteiger partial charge in [-0.2, -0.15) is 0 Å². The molecule has 0 bridgehead atoms. The van der Waals surface area contributed by atoms with Crippen LogP contribution in [0.5, 0.6) is 0 Å². The van der Waals surface area contributed by atoms with Gasteiger partial charge in [-0.25, -0.2) is 0 Å². The van der Waals surface area contributed by atoms with Crippen molar-refractivity contribution in [1.29, 1.82) is 0 Å². The van der Waals surface area contributed by atoms with E-state index in [0.29, 0.717) is 0 Å². The maximum atomic E-state index is 6.24. The van der Waals surface area contributed by atoms with Crippen LogP contribution >= 0.6 is 11.6 Å². The second-order valence-corrected chi connectivity index (χ2v) is 32.6. The predicted octanol–water partition coefficient (Wildman–Crippen LogP) is 34.3. The van der Waals surface area contributed by atoms with Gasteiger partial charge in [0, 0.05) is 87.9 Å². The lowest BCUT2D eigenvalue weighted by molar-refractivity contribution is 0.668. The minimum atomic E-state index is 0.754. The van der Waals surface area contributed by atoms with Crippen molar-refractivity contribution in [2.45, 2.75) is 0 Å². The van der Waals surface area contributed by atoms with Crippen LogP contribution in [0.3, 0.4) is 0 Å². The van der Waals surface area contributed by atoms with Crippen LogP contribution in [0.2, 0.25) is 5.02 Å². The minimum Gasteiger partial charge on any atom is -0.456 e. The van der Waals surface area contributed by atoms with E-state index in [-0.39, 0.29) is 0 Å². The number of fused-ring (bicyclic) bond motifs is 12. The Morgan fingerprint density at radius 3 is 0.787 bits per heavy atom. The summed E-state index contributed by atoms with van der Waals surface area (Å²) in [6, 6.07) is 172. The molecule has 24 aromatic rings. The van der Waals surface area contributed by atoms with Crippen molar-refractivity contribution in [2.24, 2.45) is 0 Å². The first kappa shape index (κ1) is 76.6. The Balaban J connectivity index is 0.000000125. The molecule has 6 nitrogen and oxygen atoms in total. The quantitative estimate of drug-likeness (QED) is 0.111. The molecule has 127 heavy (non-hydrogen) atoms. The van der Waals surface area contributed by atoms with E-state index in [1.807, 2.05) is 48.5 Å². The summed E-state index contributed by atoms with van der Waals surface area (Å²) in [6.45, 7) is 0. The number of aromatic nitrogens is 2. The van der Waals surface area contributed by atoms with Gasteiger partial charge in [-0.1, -0.05) is 327 Å². The van der Waals surface area contributed by atoms with Crippen molar-refractivity contribution in [3.8, 4) is 100 Å². The molecule has 24 rings (SSSR count). The molecule has 7 heteroatoms. The van der Waals surface area contributed by atoms with Crippen molar-refractivity contribution >= 4 is 128 Å². The average molecular weight is 1650 g/mol. The Kier molecular flexibility index (Phi) is 20.3. The maximum Gasteiger partial charge on any atom is 0.136 e. The van der Waals surface area contributed by atoms with Gasteiger partial charge in [0.15, 0.2) is 0 Å². The van der Waals surface area contributed by atoms with Gasteiger partial charge < -0.3 is 28.2 Å². The standard InChI is InChI=1S/C60H40N2O.C30H20ClN.C30H21NO/c1-2-12-41(13-3-1)42-24-31-49(32-25-42)61(51-35-28-44(29-36-51)48-30-37-56-55-20-6-9-23-59(55)63-60(56)40-48)50-33-26-43(27-34-50)45-14-10-15-46(38-45)47-16-11-17-52(39-47)62-57-21-7-4-18-53(57)54-19-5-8-22-58(54)62;31-25-17-15-21(16-18-25)22-7-5-8-23(19-22)24-9-6-10-26(20-24)32-29-13-3-1-11-27(29)28-12-2-4-14-30(28)32;1-2-6-21(7-3-1)22-10-15-25(16-11-22)31-26-17-12-23(13-18-26)24-14-19-28-27-8-4-5-9-29(27)32-30(28)20-24/h1-40H;1-20H;1-20,31H. The molecule has 0 unspecified atom stereocenters. The summed E-state index contributed by atoms with van der Waals surface area (Å²) in [5.41, 5.74) is 35.0. The monoisotopic (exact) mass is 1640 g/mol. The molecule has 0 saturated heterocycles. The summed E-state index contributed by atoms with van der Waals surface area (Å²) in [5, 5.41) is 13.9. The zero-order valence-corrected chi connectivity index (χ0v) is 70.0. The van der Waals surface area contributed by atoms with Crippen LogP contribution < -0.4 is 10.2 Å². The van der Waals surface area contributed by atoms with Crippen LogP contribution in [0.4, 0.5) is 28.4 Å². The SMILES string of the molecule is Clc1ccc(-c2cccc(-c3cccc(-n4c5ccccc5c5ccccc54)c3)c2)cc1.c1ccc(-c2ccc(N(c3ccc(-c4cccc(-c5cccc(-n6c7ccccc7c7ccccc76)c5)c4)cc3)c3ccc(-c4ccc5c(c4)oc4ccccc45)cc3)cc2)cc1.c1ccc(-c2ccc(Nc3ccc(-c4ccc5c(c4)oc4ccccc45)cc3)cc2)cc1. The van der Waals surface area contributed by atoms with Gasteiger partial charge in [-0.15, -0.1) is 0 Å². The Morgan fingerprint density at radius 2 is 0.425 bits per heavy atom. The van der Waals surface area contributed by atoms with Crippen LogP contribution in [-0.4, -0.2) is 9.13 Å². The highest BCUT2D eigenvalue weighted by molar-refractivity contribution is 6.30. The molecule has 0 spiro atoms. The molecular weight excluding hydrogens is 1560 g/mol. The Labute approximate surface area is 741 Å². The van der Waals surface area contributed by atoms with Crippen LogP contribution in [-0.2, 0) is 0 Å². The van der Waals surface area contributed by atoms with Gasteiger partial charge in [0.1, 0.15) is 22.3 Å². The van der Waals surface area contributed by atoms with Gasteiger partial charge in [-0.3, -0.25) is 0 Å². The number of hydrogen-bond donors (Lipinski definition) is 1. The average Bonchev–Trinajstić information content (AvgIpc) is 1.58. The molecule has 4 aromatic heterocycles. The van der Waals surface area contributed by atoms with Crippen LogP contribution in [0, 0.1) is 0 Å². The topological polar surface area (TPSA) is 51.4 Å². The fraction of sp³-hybridized carbons (Fsp3) is 0. The number of anilines is 5. The number of halogens is 1. The van der Waals surface area contributed by atoms with Gasteiger partial charge in [-0.05, 0) is 259 Å². The van der Waals surface area contributed by atoms with Crippen LogP contribution in [0.1, 0.15) is 0 Å². The summed E-state index contributed by atoms with van der Waals surface area (Å²) < 4.78 is 17.0. The first-order valence-corrected chi connectivity index (χ1v) is 43.4. The molecule has 0 aliphatic rings. The van der Waals surface area contributed by atoms with E-state index in [0.717, 1.165) is 122 Å². The fourth-order valence-electron chi connectivity index (χ4n) is 18.0. The number of rotatable bonds is 15. The third kappa shape index (κ3) is 15.3. The molecule has 0 atom stereocenters. The molecule has 0 amide bonds. The third-order valence-electron chi connectivity index (χ3n) is 24.3. The zero-order chi connectivity index (χ0) is 84.5. The predicted molar refractivity (Wildman–Crippen MR) is 535 cm³/mol. The van der Waals surface area contributed by atoms with Crippen molar-refractivity contribution < 1.29 is 8.83 Å². The second-order valence-electron chi connectivity index (χ2n) is 32.1. The van der Waals surface area contributed by atoms with Crippen LogP contribution in [0.25, 0.3) is 188 Å². The van der Waals surface area contributed by atoms with Crippen molar-refractivity contribution in [3.63, 3.8) is 0 Å². The molecule has 0 radical (unpaired) electrons. The lowest BCUT2D eigenvalue weighted by atomic mass is 9.98. The van der Waals surface area contributed by atoms with E-state index < -0.39 is 0 Å². The van der Waals surface area contributed by atoms with Crippen molar-refractivity contribution in [3.05, 3.63) is 490 Å². The Hall–Kier alpha value is -16.5. The highest BCUT2D eigenvalue weighted by atomic mass is 35.5. The van der Waals surface area contributed by atoms with E-state index >= 15 is 0 Å². The molecule has 0 saturated carbocycles. The van der Waals surface area contributed by atoms with E-state index in [1.165, 1.54) is 99.2 Å². The largest absolute Gasteiger partial charge is 0.456 e. The van der Waals surface area contributed by atoms with E-state index in [1.54, 1.807) is 0 Å². The van der Waals surface area contributed by atoms with Gasteiger partial charge >= 0.3 is 0 Å². The smallest absolute Gasteiger partial charge is 0.136 e. The van der Waals surface area contributed by atoms with Crippen molar-refractivity contribution in [1.82, 2.24) is 9.13 Å². The Morgan fingerprint density at radius 1 is 0.181 bits per heavy atom. The number of para-hydroxylation sites is 6. The fourth-order valence-corrected chi connectivity index (χ4v) is 18.2. The number of benzene rings is 20. The number of nitrogens with one attached hydrogen (secondary N) is 1. The number of furan rings is 2. The lowest BCUT2D eigenvalue weighted by Crippen LogP contribution is -2.09.